The van der Waals surface area contributed by atoms with Crippen LogP contribution < -0.4 is 9.80 Å². The lowest BCUT2D eigenvalue weighted by Crippen LogP contribution is -2.46. The Morgan fingerprint density at radius 1 is 0.708 bits per heavy atom. The van der Waals surface area contributed by atoms with E-state index in [4.69, 9.17) is 0 Å². The Morgan fingerprint density at radius 3 is 1.33 bits per heavy atom. The summed E-state index contributed by atoms with van der Waals surface area (Å²) in [6.07, 6.45) is 0. The van der Waals surface area contributed by atoms with Crippen molar-refractivity contribution in [3.63, 3.8) is 0 Å². The van der Waals surface area contributed by atoms with Crippen LogP contribution >= 0.6 is 0 Å². The van der Waals surface area contributed by atoms with Crippen molar-refractivity contribution in [2.75, 3.05) is 22.9 Å². The summed E-state index contributed by atoms with van der Waals surface area (Å²) in [6.45, 7) is 8.52. The molecule has 0 heterocycles. The van der Waals surface area contributed by atoms with Gasteiger partial charge in [-0.25, -0.2) is 0 Å². The van der Waals surface area contributed by atoms with E-state index in [1.54, 1.807) is 9.80 Å². The summed E-state index contributed by atoms with van der Waals surface area (Å²) in [4.78, 5) is 28.8. The van der Waals surface area contributed by atoms with E-state index in [2.05, 4.69) is 0 Å². The maximum atomic E-state index is 12.8. The van der Waals surface area contributed by atoms with Gasteiger partial charge in [0.25, 0.3) is 0 Å². The number of para-hydroxylation sites is 2. The number of aryl methyl sites for hydroxylation is 2. The number of anilines is 2. The molecule has 0 bridgehead atoms. The quantitative estimate of drug-likeness (QED) is 0.805. The lowest BCUT2D eigenvalue weighted by molar-refractivity contribution is -0.135. The van der Waals surface area contributed by atoms with Gasteiger partial charge in [-0.05, 0) is 51.0 Å². The Morgan fingerprint density at radius 2 is 1.04 bits per heavy atom. The molecular formula is C20H24N2O2. The van der Waals surface area contributed by atoms with Gasteiger partial charge in [0.05, 0.1) is 0 Å². The van der Waals surface area contributed by atoms with E-state index in [-0.39, 0.29) is 0 Å². The summed E-state index contributed by atoms with van der Waals surface area (Å²) < 4.78 is 0. The molecule has 0 aliphatic rings. The summed E-state index contributed by atoms with van der Waals surface area (Å²) in [6, 6.07) is 15.2. The lowest BCUT2D eigenvalue weighted by Gasteiger charge is -2.27. The zero-order valence-electron chi connectivity index (χ0n) is 14.7. The standard InChI is InChI=1S/C20H24N2O2/c1-5-21(17-13-9-7-11-15(17)3)19(23)20(24)22(6-2)18-14-10-8-12-16(18)4/h7-14H,5-6H2,1-4H3. The predicted molar refractivity (Wildman–Crippen MR) is 98.4 cm³/mol. The molecule has 0 saturated carbocycles. The van der Waals surface area contributed by atoms with E-state index < -0.39 is 11.8 Å². The number of hydrogen-bond donors (Lipinski definition) is 0. The lowest BCUT2D eigenvalue weighted by atomic mass is 10.1. The van der Waals surface area contributed by atoms with Crippen molar-refractivity contribution in [1.29, 1.82) is 0 Å². The molecule has 0 N–H and O–H groups in total. The maximum absolute atomic E-state index is 12.8. The second kappa shape index (κ2) is 7.77. The second-order valence-corrected chi connectivity index (χ2v) is 5.67. The molecule has 0 fully saturated rings. The van der Waals surface area contributed by atoms with Crippen LogP contribution in [0, 0.1) is 13.8 Å². The zero-order chi connectivity index (χ0) is 17.7. The summed E-state index contributed by atoms with van der Waals surface area (Å²) in [5.74, 6) is -1.01. The highest BCUT2D eigenvalue weighted by molar-refractivity contribution is 6.45. The van der Waals surface area contributed by atoms with Crippen LogP contribution in [0.4, 0.5) is 11.4 Å². The number of carbonyl (C=O) groups excluding carboxylic acids is 2. The number of amides is 2. The SMILES string of the molecule is CCN(C(=O)C(=O)N(CC)c1ccccc1C)c1ccccc1C. The fraction of sp³-hybridized carbons (Fsp3) is 0.300. The molecule has 4 nitrogen and oxygen atoms in total. The Balaban J connectivity index is 2.34. The first-order valence-corrected chi connectivity index (χ1v) is 8.25. The van der Waals surface area contributed by atoms with Crippen LogP contribution in [0.5, 0.6) is 0 Å². The second-order valence-electron chi connectivity index (χ2n) is 5.67. The van der Waals surface area contributed by atoms with Gasteiger partial charge in [-0.2, -0.15) is 0 Å². The van der Waals surface area contributed by atoms with Gasteiger partial charge in [-0.1, -0.05) is 36.4 Å². The molecule has 24 heavy (non-hydrogen) atoms. The molecule has 0 aliphatic carbocycles. The topological polar surface area (TPSA) is 40.6 Å². The van der Waals surface area contributed by atoms with Crippen LogP contribution in [0.1, 0.15) is 25.0 Å². The highest BCUT2D eigenvalue weighted by Crippen LogP contribution is 2.23. The number of benzene rings is 2. The van der Waals surface area contributed by atoms with Crippen LogP contribution in [0.15, 0.2) is 48.5 Å². The van der Waals surface area contributed by atoms with E-state index in [0.29, 0.717) is 13.1 Å². The molecule has 0 spiro atoms. The van der Waals surface area contributed by atoms with Gasteiger partial charge in [0, 0.05) is 24.5 Å². The Kier molecular flexibility index (Phi) is 5.74. The van der Waals surface area contributed by atoms with Crippen LogP contribution in [0.3, 0.4) is 0 Å². The molecule has 0 aliphatic heterocycles. The summed E-state index contributed by atoms with van der Waals surface area (Å²) >= 11 is 0. The number of carbonyl (C=O) groups is 2. The van der Waals surface area contributed by atoms with Crippen LogP contribution in [-0.4, -0.2) is 24.9 Å². The Hall–Kier alpha value is -2.62. The van der Waals surface area contributed by atoms with Gasteiger partial charge in [0.15, 0.2) is 0 Å². The molecular weight excluding hydrogens is 300 g/mol. The molecule has 0 radical (unpaired) electrons. The number of likely N-dealkylation sites (N-methyl/N-ethyl adjacent to an activating group) is 2. The van der Waals surface area contributed by atoms with Gasteiger partial charge in [-0.3, -0.25) is 9.59 Å². The molecule has 0 aromatic heterocycles. The van der Waals surface area contributed by atoms with Crippen molar-refractivity contribution < 1.29 is 9.59 Å². The van der Waals surface area contributed by atoms with E-state index in [1.807, 2.05) is 76.2 Å². The van der Waals surface area contributed by atoms with Gasteiger partial charge in [0.2, 0.25) is 0 Å². The van der Waals surface area contributed by atoms with Gasteiger partial charge < -0.3 is 9.80 Å². The zero-order valence-corrected chi connectivity index (χ0v) is 14.7. The van der Waals surface area contributed by atoms with Crippen molar-refractivity contribution in [3.8, 4) is 0 Å². The summed E-state index contributed by atoms with van der Waals surface area (Å²) in [5, 5.41) is 0. The third-order valence-electron chi connectivity index (χ3n) is 4.12. The molecule has 0 saturated heterocycles. The minimum absolute atomic E-state index is 0.445. The van der Waals surface area contributed by atoms with Crippen molar-refractivity contribution in [3.05, 3.63) is 59.7 Å². The smallest absolute Gasteiger partial charge is 0.304 e. The first kappa shape index (κ1) is 17.7. The van der Waals surface area contributed by atoms with Crippen molar-refractivity contribution in [1.82, 2.24) is 0 Å². The highest BCUT2D eigenvalue weighted by atomic mass is 16.2. The van der Waals surface area contributed by atoms with E-state index in [0.717, 1.165) is 22.5 Å². The number of hydrogen-bond acceptors (Lipinski definition) is 2. The van der Waals surface area contributed by atoms with Crippen LogP contribution in [0.2, 0.25) is 0 Å². The maximum Gasteiger partial charge on any atom is 0.316 e. The Labute approximate surface area is 143 Å². The van der Waals surface area contributed by atoms with Gasteiger partial charge in [0.1, 0.15) is 0 Å². The largest absolute Gasteiger partial charge is 0.316 e. The van der Waals surface area contributed by atoms with Gasteiger partial charge in [-0.15, -0.1) is 0 Å². The fourth-order valence-corrected chi connectivity index (χ4v) is 2.81. The monoisotopic (exact) mass is 324 g/mol. The minimum atomic E-state index is -0.503. The van der Waals surface area contributed by atoms with Gasteiger partial charge >= 0.3 is 11.8 Å². The fourth-order valence-electron chi connectivity index (χ4n) is 2.81. The third kappa shape index (κ3) is 3.48. The molecule has 2 amide bonds. The predicted octanol–water partition coefficient (Wildman–Crippen LogP) is 3.71. The molecule has 0 unspecified atom stereocenters. The van der Waals surface area contributed by atoms with Crippen LogP contribution in [0.25, 0.3) is 0 Å². The third-order valence-corrected chi connectivity index (χ3v) is 4.12. The summed E-state index contributed by atoms with van der Waals surface area (Å²) in [5.41, 5.74) is 3.50. The number of rotatable bonds is 4. The average Bonchev–Trinajstić information content (AvgIpc) is 2.59. The Bertz CT molecular complexity index is 676. The van der Waals surface area contributed by atoms with Crippen molar-refractivity contribution in [2.24, 2.45) is 0 Å². The minimum Gasteiger partial charge on any atom is -0.304 e. The summed E-state index contributed by atoms with van der Waals surface area (Å²) in [7, 11) is 0. The molecule has 2 aromatic rings. The molecule has 0 atom stereocenters. The molecule has 2 aromatic carbocycles. The van der Waals surface area contributed by atoms with Crippen LogP contribution in [-0.2, 0) is 9.59 Å². The van der Waals surface area contributed by atoms with Crippen molar-refractivity contribution in [2.45, 2.75) is 27.7 Å². The van der Waals surface area contributed by atoms with Crippen molar-refractivity contribution >= 4 is 23.2 Å². The number of nitrogens with zero attached hydrogens (tertiary/aromatic N) is 2. The molecule has 4 heteroatoms. The van der Waals surface area contributed by atoms with E-state index in [1.165, 1.54) is 0 Å². The first-order valence-electron chi connectivity index (χ1n) is 8.25. The molecule has 2 rings (SSSR count). The van der Waals surface area contributed by atoms with E-state index in [9.17, 15) is 9.59 Å². The highest BCUT2D eigenvalue weighted by Gasteiger charge is 2.28. The van der Waals surface area contributed by atoms with E-state index >= 15 is 0 Å². The molecule has 126 valence electrons. The average molecular weight is 324 g/mol. The first-order chi connectivity index (χ1) is 11.5. The normalized spacial score (nSPS) is 10.3.